The third-order valence-electron chi connectivity index (χ3n) is 5.59. The maximum Gasteiger partial charge on any atom is 0.256 e. The molecule has 0 radical (unpaired) electrons. The second-order valence-corrected chi connectivity index (χ2v) is 9.50. The normalized spacial score (nSPS) is 16.6. The van der Waals surface area contributed by atoms with Gasteiger partial charge in [0.25, 0.3) is 5.91 Å². The van der Waals surface area contributed by atoms with Gasteiger partial charge in [0.2, 0.25) is 0 Å². The lowest BCUT2D eigenvalue weighted by atomic mass is 10.0. The summed E-state index contributed by atoms with van der Waals surface area (Å²) in [6.45, 7) is 4.50. The first kappa shape index (κ1) is 22.5. The molecule has 2 atom stereocenters. The third-order valence-corrected chi connectivity index (χ3v) is 6.91. The first-order valence-electron chi connectivity index (χ1n) is 10.9. The molecule has 0 aliphatic carbocycles. The van der Waals surface area contributed by atoms with Crippen molar-refractivity contribution >= 4 is 35.0 Å². The Bertz CT molecular complexity index is 1300. The number of aromatic nitrogens is 3. The average Bonchev–Trinajstić information content (AvgIpc) is 3.65. The van der Waals surface area contributed by atoms with E-state index in [1.165, 1.54) is 16.8 Å². The second kappa shape index (κ2) is 9.52. The molecule has 0 fully saturated rings. The van der Waals surface area contributed by atoms with Gasteiger partial charge in [-0.05, 0) is 55.8 Å². The highest BCUT2D eigenvalue weighted by atomic mass is 35.5. The van der Waals surface area contributed by atoms with Crippen LogP contribution < -0.4 is 0 Å². The lowest BCUT2D eigenvalue weighted by Gasteiger charge is -2.22. The number of rotatable bonds is 7. The molecule has 0 N–H and O–H groups in total. The summed E-state index contributed by atoms with van der Waals surface area (Å²) < 4.78 is 13.1. The van der Waals surface area contributed by atoms with Crippen LogP contribution in [0.2, 0.25) is 5.02 Å². The van der Waals surface area contributed by atoms with Crippen molar-refractivity contribution in [2.45, 2.75) is 43.3 Å². The van der Waals surface area contributed by atoms with E-state index in [-0.39, 0.29) is 11.9 Å². The van der Waals surface area contributed by atoms with Crippen molar-refractivity contribution in [2.75, 3.05) is 0 Å². The van der Waals surface area contributed by atoms with Crippen molar-refractivity contribution in [2.24, 2.45) is 5.10 Å². The molecule has 0 saturated carbocycles. The Morgan fingerprint density at radius 3 is 2.59 bits per heavy atom. The van der Waals surface area contributed by atoms with Gasteiger partial charge in [-0.1, -0.05) is 35.5 Å². The van der Waals surface area contributed by atoms with Crippen LogP contribution in [0.4, 0.5) is 0 Å². The monoisotopic (exact) mass is 495 g/mol. The fourth-order valence-corrected chi connectivity index (χ4v) is 4.96. The van der Waals surface area contributed by atoms with E-state index in [1.54, 1.807) is 18.6 Å². The summed E-state index contributed by atoms with van der Waals surface area (Å²) >= 11 is 7.39. The summed E-state index contributed by atoms with van der Waals surface area (Å²) in [5.74, 6) is 1.82. The molecule has 10 heteroatoms. The van der Waals surface area contributed by atoms with Crippen molar-refractivity contribution in [1.82, 2.24) is 19.8 Å². The maximum absolute atomic E-state index is 13.6. The number of hydrogen-bond donors (Lipinski definition) is 0. The van der Waals surface area contributed by atoms with E-state index < -0.39 is 5.25 Å². The Morgan fingerprint density at radius 2 is 1.91 bits per heavy atom. The van der Waals surface area contributed by atoms with Crippen LogP contribution in [0.15, 0.2) is 80.1 Å². The van der Waals surface area contributed by atoms with E-state index in [0.29, 0.717) is 40.5 Å². The summed E-state index contributed by atoms with van der Waals surface area (Å²) in [6.07, 6.45) is 3.75. The molecule has 4 heterocycles. The molecule has 3 aromatic heterocycles. The minimum absolute atomic E-state index is 0.138. The number of furan rings is 2. The Balaban J connectivity index is 1.40. The van der Waals surface area contributed by atoms with Crippen molar-refractivity contribution in [3.8, 4) is 11.6 Å². The first-order chi connectivity index (χ1) is 16.5. The van der Waals surface area contributed by atoms with Crippen LogP contribution in [-0.2, 0) is 11.3 Å². The van der Waals surface area contributed by atoms with Gasteiger partial charge in [-0.2, -0.15) is 5.10 Å². The smallest absolute Gasteiger partial charge is 0.256 e. The van der Waals surface area contributed by atoms with Gasteiger partial charge in [0.05, 0.1) is 23.5 Å². The van der Waals surface area contributed by atoms with Crippen LogP contribution in [0.3, 0.4) is 0 Å². The molecule has 0 bridgehead atoms. The second-order valence-electron chi connectivity index (χ2n) is 7.76. The molecular weight excluding hydrogens is 474 g/mol. The van der Waals surface area contributed by atoms with Crippen molar-refractivity contribution in [3.05, 3.63) is 77.4 Å². The molecule has 8 nitrogen and oxygen atoms in total. The van der Waals surface area contributed by atoms with Crippen LogP contribution in [0.5, 0.6) is 0 Å². The summed E-state index contributed by atoms with van der Waals surface area (Å²) in [5.41, 5.74) is 1.73. The standard InChI is InChI=1S/C24H22ClN5O3S/c1-3-29-22(21-7-5-13-33-21)26-27-24(29)34-15(2)23(31)30-19(20-6-4-12-32-20)14-18(28-30)16-8-10-17(25)11-9-16/h4-13,15,19H,3,14H2,1-2H3. The highest BCUT2D eigenvalue weighted by Gasteiger charge is 2.37. The number of carbonyl (C=O) groups is 1. The SMILES string of the molecule is CCn1c(SC(C)C(=O)N2N=C(c3ccc(Cl)cc3)CC2c2ccco2)nnc1-c1ccco1. The van der Waals surface area contributed by atoms with Gasteiger partial charge < -0.3 is 8.83 Å². The van der Waals surface area contributed by atoms with E-state index in [1.807, 2.05) is 60.9 Å². The molecule has 2 unspecified atom stereocenters. The molecule has 174 valence electrons. The van der Waals surface area contributed by atoms with Gasteiger partial charge in [0.1, 0.15) is 11.8 Å². The summed E-state index contributed by atoms with van der Waals surface area (Å²) in [5, 5.41) is 15.7. The van der Waals surface area contributed by atoms with Gasteiger partial charge in [-0.25, -0.2) is 5.01 Å². The molecule has 4 aromatic rings. The third kappa shape index (κ3) is 4.28. The van der Waals surface area contributed by atoms with E-state index in [2.05, 4.69) is 10.2 Å². The van der Waals surface area contributed by atoms with Crippen LogP contribution in [-0.4, -0.2) is 36.6 Å². The topological polar surface area (TPSA) is 89.7 Å². The molecule has 1 amide bonds. The fourth-order valence-electron chi connectivity index (χ4n) is 3.88. The highest BCUT2D eigenvalue weighted by Crippen LogP contribution is 2.36. The maximum atomic E-state index is 13.6. The molecule has 34 heavy (non-hydrogen) atoms. The van der Waals surface area contributed by atoms with Gasteiger partial charge in [-0.3, -0.25) is 9.36 Å². The molecule has 0 spiro atoms. The number of carbonyl (C=O) groups excluding carboxylic acids is 1. The average molecular weight is 496 g/mol. The minimum atomic E-state index is -0.454. The molecule has 1 aliphatic rings. The van der Waals surface area contributed by atoms with Crippen LogP contribution in [0, 0.1) is 0 Å². The van der Waals surface area contributed by atoms with E-state index in [4.69, 9.17) is 25.5 Å². The molecule has 1 aromatic carbocycles. The van der Waals surface area contributed by atoms with E-state index in [9.17, 15) is 4.79 Å². The van der Waals surface area contributed by atoms with Crippen molar-refractivity contribution in [3.63, 3.8) is 0 Å². The quantitative estimate of drug-likeness (QED) is 0.307. The zero-order valence-electron chi connectivity index (χ0n) is 18.6. The number of amides is 1. The Morgan fingerprint density at radius 1 is 1.15 bits per heavy atom. The van der Waals surface area contributed by atoms with E-state index >= 15 is 0 Å². The van der Waals surface area contributed by atoms with Gasteiger partial charge in [0.15, 0.2) is 16.7 Å². The van der Waals surface area contributed by atoms with Crippen molar-refractivity contribution in [1.29, 1.82) is 0 Å². The van der Waals surface area contributed by atoms with E-state index in [0.717, 1.165) is 11.3 Å². The lowest BCUT2D eigenvalue weighted by Crippen LogP contribution is -2.33. The summed E-state index contributed by atoms with van der Waals surface area (Å²) in [6, 6.07) is 14.5. The minimum Gasteiger partial charge on any atom is -0.467 e. The zero-order chi connectivity index (χ0) is 23.7. The highest BCUT2D eigenvalue weighted by molar-refractivity contribution is 8.00. The number of thioether (sulfide) groups is 1. The number of nitrogens with zero attached hydrogens (tertiary/aromatic N) is 5. The molecule has 1 aliphatic heterocycles. The zero-order valence-corrected chi connectivity index (χ0v) is 20.2. The largest absolute Gasteiger partial charge is 0.467 e. The Kier molecular flexibility index (Phi) is 6.30. The first-order valence-corrected chi connectivity index (χ1v) is 12.1. The van der Waals surface area contributed by atoms with Gasteiger partial charge in [-0.15, -0.1) is 10.2 Å². The van der Waals surface area contributed by atoms with Gasteiger partial charge in [0, 0.05) is 18.0 Å². The molecule has 0 saturated heterocycles. The lowest BCUT2D eigenvalue weighted by molar-refractivity contribution is -0.132. The number of benzene rings is 1. The molecule has 5 rings (SSSR count). The fraction of sp³-hybridized carbons (Fsp3) is 0.250. The Hall–Kier alpha value is -3.30. The van der Waals surface area contributed by atoms with Crippen LogP contribution >= 0.6 is 23.4 Å². The number of hydrogen-bond acceptors (Lipinski definition) is 7. The number of halogens is 1. The van der Waals surface area contributed by atoms with Crippen LogP contribution in [0.25, 0.3) is 11.6 Å². The predicted molar refractivity (Wildman–Crippen MR) is 130 cm³/mol. The van der Waals surface area contributed by atoms with Crippen LogP contribution in [0.1, 0.15) is 37.6 Å². The summed E-state index contributed by atoms with van der Waals surface area (Å²) in [4.78, 5) is 13.6. The van der Waals surface area contributed by atoms with Gasteiger partial charge >= 0.3 is 0 Å². The van der Waals surface area contributed by atoms with Crippen molar-refractivity contribution < 1.29 is 13.6 Å². The number of hydrazone groups is 1. The Labute approximate surface area is 205 Å². The predicted octanol–water partition coefficient (Wildman–Crippen LogP) is 5.66. The summed E-state index contributed by atoms with van der Waals surface area (Å²) in [7, 11) is 0. The molecular formula is C24H22ClN5O3S.